The van der Waals surface area contributed by atoms with Crippen molar-refractivity contribution in [2.24, 2.45) is 7.05 Å². The lowest BCUT2D eigenvalue weighted by Crippen LogP contribution is -2.42. The van der Waals surface area contributed by atoms with Gasteiger partial charge in [-0.2, -0.15) is 0 Å². The standard InChI is InChI=1S/C16H25N3O/c1-5-15(20-4)13(17-6-2)11-16-18-12-9-7-8-10-14(12)19(16)3/h7-10,13,15,17H,5-6,11H2,1-4H3. The SMILES string of the molecule is CCNC(Cc1nc2ccccc2n1C)C(CC)OC. The summed E-state index contributed by atoms with van der Waals surface area (Å²) < 4.78 is 7.78. The quantitative estimate of drug-likeness (QED) is 0.844. The second-order valence-electron chi connectivity index (χ2n) is 5.13. The molecule has 0 amide bonds. The molecule has 0 aliphatic carbocycles. The number of nitrogens with zero attached hydrogens (tertiary/aromatic N) is 2. The van der Waals surface area contributed by atoms with Gasteiger partial charge in [0.05, 0.1) is 17.1 Å². The van der Waals surface area contributed by atoms with Gasteiger partial charge in [0.1, 0.15) is 5.82 Å². The van der Waals surface area contributed by atoms with Crippen LogP contribution in [-0.2, 0) is 18.2 Å². The molecule has 1 aromatic carbocycles. The molecule has 1 heterocycles. The lowest BCUT2D eigenvalue weighted by molar-refractivity contribution is 0.0651. The Morgan fingerprint density at radius 3 is 2.65 bits per heavy atom. The van der Waals surface area contributed by atoms with Crippen LogP contribution in [0.25, 0.3) is 11.0 Å². The van der Waals surface area contributed by atoms with E-state index in [1.807, 2.05) is 6.07 Å². The lowest BCUT2D eigenvalue weighted by Gasteiger charge is -2.25. The van der Waals surface area contributed by atoms with Crippen molar-refractivity contribution in [2.75, 3.05) is 13.7 Å². The van der Waals surface area contributed by atoms with Crippen LogP contribution in [0, 0.1) is 0 Å². The molecular weight excluding hydrogens is 250 g/mol. The smallest absolute Gasteiger partial charge is 0.111 e. The molecule has 0 aliphatic heterocycles. The molecule has 2 aromatic rings. The van der Waals surface area contributed by atoms with E-state index in [1.165, 1.54) is 5.52 Å². The Balaban J connectivity index is 2.26. The summed E-state index contributed by atoms with van der Waals surface area (Å²) in [5.74, 6) is 1.10. The van der Waals surface area contributed by atoms with Crippen LogP contribution in [0.4, 0.5) is 0 Å². The van der Waals surface area contributed by atoms with E-state index in [4.69, 9.17) is 9.72 Å². The minimum absolute atomic E-state index is 0.217. The molecule has 20 heavy (non-hydrogen) atoms. The predicted octanol–water partition coefficient (Wildman–Crippen LogP) is 2.52. The Kier molecular flexibility index (Phi) is 5.15. The van der Waals surface area contributed by atoms with Crippen LogP contribution in [0.2, 0.25) is 0 Å². The van der Waals surface area contributed by atoms with Crippen molar-refractivity contribution >= 4 is 11.0 Å². The lowest BCUT2D eigenvalue weighted by atomic mass is 10.0. The zero-order valence-corrected chi connectivity index (χ0v) is 12.9. The number of imidazole rings is 1. The van der Waals surface area contributed by atoms with Crippen LogP contribution in [0.1, 0.15) is 26.1 Å². The van der Waals surface area contributed by atoms with E-state index >= 15 is 0 Å². The average molecular weight is 275 g/mol. The van der Waals surface area contributed by atoms with Gasteiger partial charge in [-0.05, 0) is 25.1 Å². The van der Waals surface area contributed by atoms with Gasteiger partial charge in [-0.15, -0.1) is 0 Å². The third kappa shape index (κ3) is 3.02. The molecule has 2 unspecified atom stereocenters. The van der Waals surface area contributed by atoms with Crippen molar-refractivity contribution in [3.63, 3.8) is 0 Å². The maximum absolute atomic E-state index is 5.60. The predicted molar refractivity (Wildman–Crippen MR) is 83.0 cm³/mol. The highest BCUT2D eigenvalue weighted by Crippen LogP contribution is 2.17. The van der Waals surface area contributed by atoms with Gasteiger partial charge in [0.2, 0.25) is 0 Å². The number of likely N-dealkylation sites (N-methyl/N-ethyl adjacent to an activating group) is 1. The molecular formula is C16H25N3O. The number of aryl methyl sites for hydroxylation is 1. The number of rotatable bonds is 7. The van der Waals surface area contributed by atoms with Crippen LogP contribution >= 0.6 is 0 Å². The van der Waals surface area contributed by atoms with E-state index in [2.05, 4.69) is 49.0 Å². The summed E-state index contributed by atoms with van der Waals surface area (Å²) in [7, 11) is 3.87. The second-order valence-corrected chi connectivity index (χ2v) is 5.13. The van der Waals surface area contributed by atoms with Crippen LogP contribution in [-0.4, -0.2) is 35.4 Å². The third-order valence-corrected chi connectivity index (χ3v) is 3.90. The van der Waals surface area contributed by atoms with E-state index < -0.39 is 0 Å². The fourth-order valence-electron chi connectivity index (χ4n) is 2.79. The highest BCUT2D eigenvalue weighted by molar-refractivity contribution is 5.75. The Hall–Kier alpha value is -1.39. The van der Waals surface area contributed by atoms with Crippen molar-refractivity contribution in [1.29, 1.82) is 0 Å². The number of aromatic nitrogens is 2. The molecule has 0 saturated heterocycles. The van der Waals surface area contributed by atoms with Gasteiger partial charge in [-0.1, -0.05) is 26.0 Å². The number of fused-ring (bicyclic) bond motifs is 1. The maximum atomic E-state index is 5.60. The molecule has 0 radical (unpaired) electrons. The van der Waals surface area contributed by atoms with Gasteiger partial charge >= 0.3 is 0 Å². The van der Waals surface area contributed by atoms with E-state index in [0.29, 0.717) is 6.04 Å². The second kappa shape index (κ2) is 6.86. The van der Waals surface area contributed by atoms with Crippen molar-refractivity contribution in [3.05, 3.63) is 30.1 Å². The highest BCUT2D eigenvalue weighted by atomic mass is 16.5. The van der Waals surface area contributed by atoms with Crippen LogP contribution in [0.3, 0.4) is 0 Å². The van der Waals surface area contributed by atoms with Crippen molar-refractivity contribution < 1.29 is 4.74 Å². The Bertz CT molecular complexity index is 546. The topological polar surface area (TPSA) is 39.1 Å². The third-order valence-electron chi connectivity index (χ3n) is 3.90. The van der Waals surface area contributed by atoms with E-state index in [9.17, 15) is 0 Å². The first-order chi connectivity index (χ1) is 9.71. The van der Waals surface area contributed by atoms with Gasteiger partial charge in [-0.3, -0.25) is 0 Å². The van der Waals surface area contributed by atoms with Crippen LogP contribution in [0.5, 0.6) is 0 Å². The fraction of sp³-hybridized carbons (Fsp3) is 0.562. The fourth-order valence-corrected chi connectivity index (χ4v) is 2.79. The first kappa shape index (κ1) is 15.0. The number of nitrogens with one attached hydrogen (secondary N) is 1. The summed E-state index contributed by atoms with van der Waals surface area (Å²) in [5, 5.41) is 3.53. The van der Waals surface area contributed by atoms with Gasteiger partial charge in [0.15, 0.2) is 0 Å². The van der Waals surface area contributed by atoms with Crippen molar-refractivity contribution in [2.45, 2.75) is 38.8 Å². The van der Waals surface area contributed by atoms with Gasteiger partial charge < -0.3 is 14.6 Å². The van der Waals surface area contributed by atoms with Gasteiger partial charge in [0, 0.05) is 26.6 Å². The molecule has 4 nitrogen and oxygen atoms in total. The zero-order chi connectivity index (χ0) is 14.5. The summed E-state index contributed by atoms with van der Waals surface area (Å²) in [4.78, 5) is 4.75. The molecule has 110 valence electrons. The van der Waals surface area contributed by atoms with E-state index in [1.54, 1.807) is 7.11 Å². The minimum Gasteiger partial charge on any atom is -0.380 e. The Morgan fingerprint density at radius 1 is 1.30 bits per heavy atom. The molecule has 2 atom stereocenters. The number of hydrogen-bond acceptors (Lipinski definition) is 3. The Morgan fingerprint density at radius 2 is 2.05 bits per heavy atom. The molecule has 2 rings (SSSR count). The summed E-state index contributed by atoms with van der Waals surface area (Å²) in [6.07, 6.45) is 2.10. The molecule has 1 aromatic heterocycles. The number of para-hydroxylation sites is 2. The monoisotopic (exact) mass is 275 g/mol. The van der Waals surface area contributed by atoms with Crippen LogP contribution in [0.15, 0.2) is 24.3 Å². The molecule has 0 spiro atoms. The first-order valence-corrected chi connectivity index (χ1v) is 7.37. The van der Waals surface area contributed by atoms with Gasteiger partial charge in [-0.25, -0.2) is 4.98 Å². The zero-order valence-electron chi connectivity index (χ0n) is 12.9. The minimum atomic E-state index is 0.217. The molecule has 0 bridgehead atoms. The number of methoxy groups -OCH3 is 1. The molecule has 4 heteroatoms. The summed E-state index contributed by atoms with van der Waals surface area (Å²) in [6.45, 7) is 5.23. The molecule has 1 N–H and O–H groups in total. The summed E-state index contributed by atoms with van der Waals surface area (Å²) in [5.41, 5.74) is 2.24. The van der Waals surface area contributed by atoms with Crippen molar-refractivity contribution in [3.8, 4) is 0 Å². The van der Waals surface area contributed by atoms with E-state index in [-0.39, 0.29) is 6.10 Å². The maximum Gasteiger partial charge on any atom is 0.111 e. The average Bonchev–Trinajstić information content (AvgIpc) is 2.78. The molecule has 0 fully saturated rings. The van der Waals surface area contributed by atoms with Crippen molar-refractivity contribution in [1.82, 2.24) is 14.9 Å². The number of ether oxygens (including phenoxy) is 1. The first-order valence-electron chi connectivity index (χ1n) is 7.37. The summed E-state index contributed by atoms with van der Waals surface area (Å²) in [6, 6.07) is 8.56. The molecule has 0 saturated carbocycles. The Labute approximate surface area is 121 Å². The van der Waals surface area contributed by atoms with Gasteiger partial charge in [0.25, 0.3) is 0 Å². The largest absolute Gasteiger partial charge is 0.380 e. The highest BCUT2D eigenvalue weighted by Gasteiger charge is 2.21. The summed E-state index contributed by atoms with van der Waals surface area (Å²) >= 11 is 0. The van der Waals surface area contributed by atoms with E-state index in [0.717, 1.165) is 30.7 Å². The molecule has 0 aliphatic rings. The van der Waals surface area contributed by atoms with Crippen LogP contribution < -0.4 is 5.32 Å². The number of hydrogen-bond donors (Lipinski definition) is 1. The number of benzene rings is 1. The normalized spacial score (nSPS) is 14.6.